The zero-order valence-corrected chi connectivity index (χ0v) is 13.4. The fourth-order valence-electron chi connectivity index (χ4n) is 3.06. The highest BCUT2D eigenvalue weighted by atomic mass is 16.6. The van der Waals surface area contributed by atoms with Crippen molar-refractivity contribution in [3.8, 4) is 0 Å². The summed E-state index contributed by atoms with van der Waals surface area (Å²) in [6.07, 6.45) is 1.52. The smallest absolute Gasteiger partial charge is 0.420 e. The molecule has 2 aliphatic rings. The summed E-state index contributed by atoms with van der Waals surface area (Å²) in [7, 11) is 3.80. The van der Waals surface area contributed by atoms with E-state index < -0.39 is 17.8 Å². The minimum Gasteiger partial charge on any atom is -0.448 e. The van der Waals surface area contributed by atoms with Crippen LogP contribution in [0.3, 0.4) is 0 Å². The molecule has 21 heavy (non-hydrogen) atoms. The van der Waals surface area contributed by atoms with Crippen molar-refractivity contribution >= 4 is 12.2 Å². The Labute approximate surface area is 126 Å². The highest BCUT2D eigenvalue weighted by Gasteiger charge is 2.50. The number of hydrogen-bond donors (Lipinski definition) is 0. The quantitative estimate of drug-likeness (QED) is 0.800. The summed E-state index contributed by atoms with van der Waals surface area (Å²) in [6, 6.07) is 0. The molecule has 1 spiro atoms. The lowest BCUT2D eigenvalue weighted by Crippen LogP contribution is -2.42. The third-order valence-corrected chi connectivity index (χ3v) is 4.68. The molecule has 2 rings (SSSR count). The molecule has 0 aromatic carbocycles. The van der Waals surface area contributed by atoms with Crippen molar-refractivity contribution < 1.29 is 19.1 Å². The molecule has 0 aromatic heterocycles. The number of ether oxygens (including phenoxy) is 2. The second-order valence-electron chi connectivity index (χ2n) is 6.75. The molecule has 1 aliphatic heterocycles. The Kier molecular flexibility index (Phi) is 4.76. The largest absolute Gasteiger partial charge is 0.448 e. The van der Waals surface area contributed by atoms with E-state index in [2.05, 4.69) is 13.8 Å². The number of likely N-dealkylation sites (N-methyl/N-ethyl adjacent to an activating group) is 1. The van der Waals surface area contributed by atoms with Crippen LogP contribution in [-0.4, -0.2) is 61.4 Å². The van der Waals surface area contributed by atoms with Crippen LogP contribution in [-0.2, 0) is 9.47 Å². The minimum atomic E-state index is -0.593. The molecule has 120 valence electrons. The number of rotatable bonds is 3. The molecule has 0 bridgehead atoms. The van der Waals surface area contributed by atoms with Crippen LogP contribution in [0, 0.1) is 11.8 Å². The predicted molar refractivity (Wildman–Crippen MR) is 78.0 cm³/mol. The topological polar surface area (TPSA) is 59.1 Å². The maximum Gasteiger partial charge on any atom is 0.420 e. The summed E-state index contributed by atoms with van der Waals surface area (Å²) in [5, 5.41) is 0. The fraction of sp³-hybridized carbons (Fsp3) is 0.867. The van der Waals surface area contributed by atoms with Gasteiger partial charge in [-0.05, 0) is 45.2 Å². The van der Waals surface area contributed by atoms with Crippen molar-refractivity contribution in [3.63, 3.8) is 0 Å². The maximum absolute atomic E-state index is 12.0. The lowest BCUT2D eigenvalue weighted by Gasteiger charge is -2.38. The van der Waals surface area contributed by atoms with Crippen LogP contribution in [0.4, 0.5) is 9.59 Å². The summed E-state index contributed by atoms with van der Waals surface area (Å²) in [5.41, 5.74) is -0.496. The molecule has 1 saturated heterocycles. The van der Waals surface area contributed by atoms with E-state index >= 15 is 0 Å². The molecule has 2 amide bonds. The van der Waals surface area contributed by atoms with Gasteiger partial charge in [-0.15, -0.1) is 0 Å². The number of hydrogen-bond acceptors (Lipinski definition) is 5. The van der Waals surface area contributed by atoms with Gasteiger partial charge in [-0.25, -0.2) is 14.5 Å². The molecule has 1 saturated carbocycles. The first-order valence-electron chi connectivity index (χ1n) is 7.65. The number of carbonyl (C=O) groups excluding carboxylic acids is 2. The van der Waals surface area contributed by atoms with Crippen molar-refractivity contribution in [2.24, 2.45) is 11.8 Å². The molecule has 0 N–H and O–H groups in total. The lowest BCUT2D eigenvalue weighted by atomic mass is 9.73. The summed E-state index contributed by atoms with van der Waals surface area (Å²) < 4.78 is 10.7. The molecule has 3 atom stereocenters. The third kappa shape index (κ3) is 3.67. The van der Waals surface area contributed by atoms with Gasteiger partial charge in [0.15, 0.2) is 0 Å². The van der Waals surface area contributed by atoms with Crippen LogP contribution >= 0.6 is 0 Å². The predicted octanol–water partition coefficient (Wildman–Crippen LogP) is 2.33. The second kappa shape index (κ2) is 6.22. The van der Waals surface area contributed by atoms with E-state index in [0.717, 1.165) is 24.2 Å². The van der Waals surface area contributed by atoms with Gasteiger partial charge < -0.3 is 14.4 Å². The Hall–Kier alpha value is -1.30. The summed E-state index contributed by atoms with van der Waals surface area (Å²) in [6.45, 7) is 5.63. The molecule has 1 aliphatic carbocycles. The number of nitrogens with zero attached hydrogens (tertiary/aromatic N) is 2. The normalized spacial score (nSPS) is 32.6. The Morgan fingerprint density at radius 1 is 1.43 bits per heavy atom. The van der Waals surface area contributed by atoms with Crippen LogP contribution in [0.5, 0.6) is 0 Å². The molecule has 3 unspecified atom stereocenters. The van der Waals surface area contributed by atoms with E-state index in [4.69, 9.17) is 9.47 Å². The van der Waals surface area contributed by atoms with E-state index in [1.807, 2.05) is 19.0 Å². The lowest BCUT2D eigenvalue weighted by molar-refractivity contribution is -0.00560. The zero-order valence-electron chi connectivity index (χ0n) is 13.4. The van der Waals surface area contributed by atoms with E-state index in [1.54, 1.807) is 0 Å². The molecular formula is C15H26N2O4. The van der Waals surface area contributed by atoms with Crippen molar-refractivity contribution in [2.75, 3.05) is 33.8 Å². The fourth-order valence-corrected chi connectivity index (χ4v) is 3.06. The summed E-state index contributed by atoms with van der Waals surface area (Å²) >= 11 is 0. The van der Waals surface area contributed by atoms with Crippen LogP contribution in [0.15, 0.2) is 0 Å². The number of imide groups is 1. The van der Waals surface area contributed by atoms with Gasteiger partial charge >= 0.3 is 12.2 Å². The van der Waals surface area contributed by atoms with E-state index in [-0.39, 0.29) is 6.61 Å². The van der Waals surface area contributed by atoms with E-state index in [9.17, 15) is 9.59 Å². The average molecular weight is 298 g/mol. The molecule has 6 heteroatoms. The van der Waals surface area contributed by atoms with Gasteiger partial charge in [0, 0.05) is 6.54 Å². The number of amides is 2. The SMILES string of the molecule is CC1CCC2(CC1C)CN(C(=O)OCCN(C)C)C(=O)O2. The Balaban J connectivity index is 1.92. The van der Waals surface area contributed by atoms with E-state index in [1.165, 1.54) is 0 Å². The van der Waals surface area contributed by atoms with Gasteiger partial charge in [-0.3, -0.25) is 0 Å². The maximum atomic E-state index is 12.0. The first-order chi connectivity index (χ1) is 9.83. The van der Waals surface area contributed by atoms with Crippen LogP contribution < -0.4 is 0 Å². The summed E-state index contributed by atoms with van der Waals surface area (Å²) in [5.74, 6) is 1.13. The standard InChI is InChI=1S/C15H26N2O4/c1-11-5-6-15(9-12(11)2)10-17(14(19)21-15)13(18)20-8-7-16(3)4/h11-12H,5-10H2,1-4H3. The molecule has 2 fully saturated rings. The molecular weight excluding hydrogens is 272 g/mol. The van der Waals surface area contributed by atoms with E-state index in [0.29, 0.717) is 24.9 Å². The van der Waals surface area contributed by atoms with Crippen LogP contribution in [0.2, 0.25) is 0 Å². The average Bonchev–Trinajstić information content (AvgIpc) is 2.71. The van der Waals surface area contributed by atoms with Crippen LogP contribution in [0.1, 0.15) is 33.1 Å². The monoisotopic (exact) mass is 298 g/mol. The van der Waals surface area contributed by atoms with Crippen LogP contribution in [0.25, 0.3) is 0 Å². The zero-order chi connectivity index (χ0) is 15.6. The summed E-state index contributed by atoms with van der Waals surface area (Å²) in [4.78, 5) is 27.0. The molecule has 0 aromatic rings. The number of carbonyl (C=O) groups is 2. The first kappa shape index (κ1) is 16.1. The van der Waals surface area contributed by atoms with Gasteiger partial charge in [0.1, 0.15) is 12.2 Å². The van der Waals surface area contributed by atoms with Crippen molar-refractivity contribution in [1.82, 2.24) is 9.80 Å². The molecule has 0 radical (unpaired) electrons. The molecule has 6 nitrogen and oxygen atoms in total. The Morgan fingerprint density at radius 2 is 2.14 bits per heavy atom. The third-order valence-electron chi connectivity index (χ3n) is 4.68. The van der Waals surface area contributed by atoms with Gasteiger partial charge in [0.05, 0.1) is 6.54 Å². The van der Waals surface area contributed by atoms with Gasteiger partial charge in [-0.2, -0.15) is 0 Å². The highest BCUT2D eigenvalue weighted by Crippen LogP contribution is 2.42. The second-order valence-corrected chi connectivity index (χ2v) is 6.75. The first-order valence-corrected chi connectivity index (χ1v) is 7.65. The van der Waals surface area contributed by atoms with Crippen molar-refractivity contribution in [1.29, 1.82) is 0 Å². The Morgan fingerprint density at radius 3 is 2.76 bits per heavy atom. The Bertz CT molecular complexity index is 412. The minimum absolute atomic E-state index is 0.274. The van der Waals surface area contributed by atoms with Gasteiger partial charge in [-0.1, -0.05) is 13.8 Å². The highest BCUT2D eigenvalue weighted by molar-refractivity contribution is 5.89. The molecule has 1 heterocycles. The van der Waals surface area contributed by atoms with Gasteiger partial charge in [0.2, 0.25) is 0 Å². The van der Waals surface area contributed by atoms with Crippen molar-refractivity contribution in [2.45, 2.75) is 38.7 Å². The van der Waals surface area contributed by atoms with Crippen molar-refractivity contribution in [3.05, 3.63) is 0 Å². The van der Waals surface area contributed by atoms with Gasteiger partial charge in [0.25, 0.3) is 0 Å².